The Morgan fingerprint density at radius 2 is 1.73 bits per heavy atom. The van der Waals surface area contributed by atoms with Gasteiger partial charge in [0.1, 0.15) is 12.4 Å². The van der Waals surface area contributed by atoms with Gasteiger partial charge in [0.05, 0.1) is 17.1 Å². The van der Waals surface area contributed by atoms with Crippen LogP contribution in [0.4, 0.5) is 0 Å². The van der Waals surface area contributed by atoms with Gasteiger partial charge in [-0.15, -0.1) is 0 Å². The maximum Gasteiger partial charge on any atom is 0.251 e. The topological polar surface area (TPSA) is 67.2 Å². The van der Waals surface area contributed by atoms with Crippen molar-refractivity contribution in [2.75, 3.05) is 7.05 Å². The predicted octanol–water partition coefficient (Wildman–Crippen LogP) is 4.49. The molecule has 4 aromatic rings. The second-order valence-electron chi connectivity index (χ2n) is 8.34. The number of likely N-dealkylation sites (N-methyl/N-ethyl adjacent to an activating group) is 1. The molecule has 1 heterocycles. The molecule has 33 heavy (non-hydrogen) atoms. The quantitative estimate of drug-likeness (QED) is 0.460. The molecule has 0 aliphatic heterocycles. The number of aromatic nitrogens is 2. The number of benzene rings is 3. The fraction of sp³-hybridized carbons (Fsp3) is 0.222. The zero-order chi connectivity index (χ0) is 23.4. The molecule has 3 aromatic carbocycles. The molecule has 0 aliphatic carbocycles. The summed E-state index contributed by atoms with van der Waals surface area (Å²) in [6, 6.07) is 24.7. The second-order valence-corrected chi connectivity index (χ2v) is 8.34. The molecule has 4 rings (SSSR count). The van der Waals surface area contributed by atoms with Crippen LogP contribution in [-0.4, -0.2) is 33.3 Å². The fourth-order valence-corrected chi connectivity index (χ4v) is 3.92. The number of nitrogens with zero attached hydrogens (tertiary/aromatic N) is 3. The number of para-hydroxylation sites is 2. The molecule has 0 fully saturated rings. The maximum atomic E-state index is 13.1. The molecule has 0 bridgehead atoms. The minimum Gasteiger partial charge on any atom is -0.342 e. The highest BCUT2D eigenvalue weighted by atomic mass is 16.2. The van der Waals surface area contributed by atoms with Crippen LogP contribution in [0.25, 0.3) is 11.0 Å². The van der Waals surface area contributed by atoms with E-state index in [0.717, 1.165) is 22.2 Å². The first kappa shape index (κ1) is 22.3. The molecule has 0 aliphatic rings. The van der Waals surface area contributed by atoms with E-state index in [1.54, 1.807) is 18.0 Å². The van der Waals surface area contributed by atoms with Gasteiger partial charge in [0.2, 0.25) is 5.91 Å². The van der Waals surface area contributed by atoms with Crippen LogP contribution in [0.15, 0.2) is 78.9 Å². The van der Waals surface area contributed by atoms with Crippen LogP contribution in [0.2, 0.25) is 0 Å². The molecule has 1 unspecified atom stereocenters. The van der Waals surface area contributed by atoms with Gasteiger partial charge >= 0.3 is 0 Å². The summed E-state index contributed by atoms with van der Waals surface area (Å²) in [6.45, 7) is 4.52. The summed E-state index contributed by atoms with van der Waals surface area (Å²) in [7, 11) is 1.80. The van der Waals surface area contributed by atoms with Crippen molar-refractivity contribution in [3.05, 3.63) is 101 Å². The van der Waals surface area contributed by atoms with Gasteiger partial charge < -0.3 is 14.8 Å². The van der Waals surface area contributed by atoms with Crippen LogP contribution in [-0.2, 0) is 17.9 Å². The molecule has 0 spiro atoms. The van der Waals surface area contributed by atoms with Gasteiger partial charge in [0, 0.05) is 19.2 Å². The number of hydrogen-bond acceptors (Lipinski definition) is 3. The number of amides is 2. The van der Waals surface area contributed by atoms with Crippen molar-refractivity contribution in [3.8, 4) is 0 Å². The highest BCUT2D eigenvalue weighted by Gasteiger charge is 2.21. The molecule has 1 atom stereocenters. The van der Waals surface area contributed by atoms with E-state index in [4.69, 9.17) is 4.98 Å². The lowest BCUT2D eigenvalue weighted by atomic mass is 10.1. The summed E-state index contributed by atoms with van der Waals surface area (Å²) < 4.78 is 1.90. The van der Waals surface area contributed by atoms with Crippen molar-refractivity contribution in [2.24, 2.45) is 0 Å². The Labute approximate surface area is 193 Å². The Bertz CT molecular complexity index is 1280. The number of carbonyl (C=O) groups excluding carboxylic acids is 2. The van der Waals surface area contributed by atoms with Crippen LogP contribution < -0.4 is 5.32 Å². The maximum absolute atomic E-state index is 13.1. The lowest BCUT2D eigenvalue weighted by Gasteiger charge is -2.20. The minimum atomic E-state index is -0.377. The van der Waals surface area contributed by atoms with Gasteiger partial charge in [-0.1, -0.05) is 60.2 Å². The van der Waals surface area contributed by atoms with Crippen LogP contribution >= 0.6 is 0 Å². The molecule has 0 saturated heterocycles. The molecule has 0 saturated carbocycles. The van der Waals surface area contributed by atoms with E-state index in [-0.39, 0.29) is 24.4 Å². The van der Waals surface area contributed by atoms with E-state index in [9.17, 15) is 9.59 Å². The van der Waals surface area contributed by atoms with E-state index >= 15 is 0 Å². The van der Waals surface area contributed by atoms with Crippen LogP contribution in [0.3, 0.4) is 0 Å². The van der Waals surface area contributed by atoms with Crippen molar-refractivity contribution in [2.45, 2.75) is 33.0 Å². The molecule has 1 N–H and O–H groups in total. The number of nitrogens with one attached hydrogen (secondary N) is 1. The highest BCUT2D eigenvalue weighted by molar-refractivity contribution is 5.94. The summed E-state index contributed by atoms with van der Waals surface area (Å²) in [5, 5.41) is 3.04. The average Bonchev–Trinajstić information content (AvgIpc) is 3.18. The smallest absolute Gasteiger partial charge is 0.251 e. The van der Waals surface area contributed by atoms with E-state index in [1.807, 2.05) is 91.2 Å². The van der Waals surface area contributed by atoms with Gasteiger partial charge in [-0.3, -0.25) is 9.59 Å². The predicted molar refractivity (Wildman–Crippen MR) is 130 cm³/mol. The zero-order valence-electron chi connectivity index (χ0n) is 19.2. The first-order chi connectivity index (χ1) is 15.9. The summed E-state index contributed by atoms with van der Waals surface area (Å²) in [4.78, 5) is 32.4. The third-order valence-electron chi connectivity index (χ3n) is 5.68. The molecule has 1 aromatic heterocycles. The Morgan fingerprint density at radius 1 is 1.00 bits per heavy atom. The van der Waals surface area contributed by atoms with Crippen molar-refractivity contribution in [1.82, 2.24) is 19.8 Å². The Morgan fingerprint density at radius 3 is 2.48 bits per heavy atom. The summed E-state index contributed by atoms with van der Waals surface area (Å²) in [5.74, 6) is 0.455. The standard InChI is InChI=1S/C27H28N4O2/c1-19-10-9-13-22(16-19)27(33)28-20(2)26-29-23-14-7-8-15-24(23)31(26)18-25(32)30(3)17-21-11-5-4-6-12-21/h4-16,20H,17-18H2,1-3H3,(H,28,33). The molecule has 2 amide bonds. The van der Waals surface area contributed by atoms with E-state index in [0.29, 0.717) is 17.9 Å². The van der Waals surface area contributed by atoms with Gasteiger partial charge in [-0.05, 0) is 43.7 Å². The summed E-state index contributed by atoms with van der Waals surface area (Å²) >= 11 is 0. The van der Waals surface area contributed by atoms with E-state index in [2.05, 4.69) is 5.32 Å². The van der Waals surface area contributed by atoms with Gasteiger partial charge in [-0.2, -0.15) is 0 Å². The van der Waals surface area contributed by atoms with Crippen LogP contribution in [0, 0.1) is 6.92 Å². The zero-order valence-corrected chi connectivity index (χ0v) is 19.2. The van der Waals surface area contributed by atoms with E-state index in [1.165, 1.54) is 0 Å². The van der Waals surface area contributed by atoms with E-state index < -0.39 is 0 Å². The van der Waals surface area contributed by atoms with Crippen LogP contribution in [0.1, 0.15) is 40.3 Å². The van der Waals surface area contributed by atoms with Gasteiger partial charge in [0.15, 0.2) is 0 Å². The van der Waals surface area contributed by atoms with Gasteiger partial charge in [0.25, 0.3) is 5.91 Å². The first-order valence-corrected chi connectivity index (χ1v) is 11.0. The number of hydrogen-bond donors (Lipinski definition) is 1. The molecule has 168 valence electrons. The fourth-order valence-electron chi connectivity index (χ4n) is 3.92. The summed E-state index contributed by atoms with van der Waals surface area (Å²) in [6.07, 6.45) is 0. The monoisotopic (exact) mass is 440 g/mol. The average molecular weight is 441 g/mol. The van der Waals surface area contributed by atoms with Crippen molar-refractivity contribution < 1.29 is 9.59 Å². The second kappa shape index (κ2) is 9.69. The first-order valence-electron chi connectivity index (χ1n) is 11.0. The largest absolute Gasteiger partial charge is 0.342 e. The molecular weight excluding hydrogens is 412 g/mol. The minimum absolute atomic E-state index is 0.0273. The highest BCUT2D eigenvalue weighted by Crippen LogP contribution is 2.22. The van der Waals surface area contributed by atoms with Crippen molar-refractivity contribution in [3.63, 3.8) is 0 Å². The Hall–Kier alpha value is -3.93. The Kier molecular flexibility index (Phi) is 6.54. The third kappa shape index (κ3) is 5.12. The number of carbonyl (C=O) groups is 2. The number of fused-ring (bicyclic) bond motifs is 1. The van der Waals surface area contributed by atoms with Crippen molar-refractivity contribution in [1.29, 1.82) is 0 Å². The SMILES string of the molecule is Cc1cccc(C(=O)NC(C)c2nc3ccccc3n2CC(=O)N(C)Cc2ccccc2)c1. The lowest BCUT2D eigenvalue weighted by Crippen LogP contribution is -2.32. The number of imidazole rings is 1. The molecular formula is C27H28N4O2. The van der Waals surface area contributed by atoms with Crippen LogP contribution in [0.5, 0.6) is 0 Å². The summed E-state index contributed by atoms with van der Waals surface area (Å²) in [5.41, 5.74) is 4.36. The Balaban J connectivity index is 1.57. The normalized spacial score (nSPS) is 11.8. The number of rotatable bonds is 7. The third-order valence-corrected chi connectivity index (χ3v) is 5.68. The van der Waals surface area contributed by atoms with Crippen molar-refractivity contribution >= 4 is 22.8 Å². The number of aryl methyl sites for hydroxylation is 1. The molecule has 0 radical (unpaired) electrons. The molecule has 6 nitrogen and oxygen atoms in total. The van der Waals surface area contributed by atoms with Gasteiger partial charge in [-0.25, -0.2) is 4.98 Å². The lowest BCUT2D eigenvalue weighted by molar-refractivity contribution is -0.131. The molecule has 6 heteroatoms.